The van der Waals surface area contributed by atoms with Gasteiger partial charge in [-0.1, -0.05) is 39.0 Å². The van der Waals surface area contributed by atoms with Crippen LogP contribution in [0.1, 0.15) is 84.0 Å². The Morgan fingerprint density at radius 3 is 2.30 bits per heavy atom. The molecule has 2 nitrogen and oxygen atoms in total. The minimum Gasteiger partial charge on any atom is -0.304 e. The third kappa shape index (κ3) is 3.95. The Labute approximate surface area is 145 Å². The molecule has 23 heavy (non-hydrogen) atoms. The van der Waals surface area contributed by atoms with Gasteiger partial charge in [0, 0.05) is 12.1 Å². The lowest BCUT2D eigenvalue weighted by Crippen LogP contribution is -2.50. The number of nitrogens with zero attached hydrogens (tertiary/aromatic N) is 2. The molecule has 0 aromatic rings. The highest BCUT2D eigenvalue weighted by Crippen LogP contribution is 2.51. The minimum absolute atomic E-state index is 0.525. The second-order valence-corrected chi connectivity index (χ2v) is 9.35. The minimum atomic E-state index is 0.525. The summed E-state index contributed by atoms with van der Waals surface area (Å²) in [6.45, 7) is 6.44. The lowest BCUT2D eigenvalue weighted by molar-refractivity contribution is 0.0228. The molecule has 0 radical (unpaired) electrons. The maximum absolute atomic E-state index is 2.77. The summed E-state index contributed by atoms with van der Waals surface area (Å²) in [5, 5.41) is 0. The molecule has 2 saturated carbocycles. The first-order chi connectivity index (χ1) is 11.1. The molecule has 2 aliphatic carbocycles. The van der Waals surface area contributed by atoms with Crippen LogP contribution in [-0.2, 0) is 0 Å². The monoisotopic (exact) mass is 320 g/mol. The van der Waals surface area contributed by atoms with E-state index in [1.54, 1.807) is 0 Å². The lowest BCUT2D eigenvalue weighted by Gasteiger charge is -2.50. The molecule has 0 aromatic heterocycles. The number of likely N-dealkylation sites (tertiary alicyclic amines) is 1. The number of hydrogen-bond acceptors (Lipinski definition) is 2. The van der Waals surface area contributed by atoms with Gasteiger partial charge in [0.15, 0.2) is 0 Å². The van der Waals surface area contributed by atoms with Crippen molar-refractivity contribution in [1.82, 2.24) is 9.80 Å². The average molecular weight is 321 g/mol. The van der Waals surface area contributed by atoms with Crippen molar-refractivity contribution in [1.29, 1.82) is 0 Å². The number of rotatable bonds is 6. The normalized spacial score (nSPS) is 36.5. The van der Waals surface area contributed by atoms with Crippen molar-refractivity contribution in [3.05, 3.63) is 0 Å². The zero-order valence-corrected chi connectivity index (χ0v) is 16.1. The standard InChI is InChI=1S/C21H40N2/c1-4-5-15-23-16-14-20(18-23)10-12-21(13-11-20,22(2)3)17-19-8-6-7-9-19/h19H,4-18H2,1-3H3. The van der Waals surface area contributed by atoms with Crippen LogP contribution in [0.5, 0.6) is 0 Å². The van der Waals surface area contributed by atoms with E-state index >= 15 is 0 Å². The van der Waals surface area contributed by atoms with Crippen LogP contribution in [0, 0.1) is 11.3 Å². The number of unbranched alkanes of at least 4 members (excludes halogenated alkanes) is 1. The summed E-state index contributed by atoms with van der Waals surface area (Å²) in [6.07, 6.45) is 17.6. The maximum Gasteiger partial charge on any atom is 0.0206 e. The van der Waals surface area contributed by atoms with Gasteiger partial charge in [0.05, 0.1) is 0 Å². The molecule has 3 aliphatic rings. The highest BCUT2D eigenvalue weighted by molar-refractivity contribution is 5.02. The topological polar surface area (TPSA) is 6.48 Å². The predicted molar refractivity (Wildman–Crippen MR) is 99.9 cm³/mol. The molecule has 1 aliphatic heterocycles. The van der Waals surface area contributed by atoms with Gasteiger partial charge in [0.1, 0.15) is 0 Å². The molecular formula is C21H40N2. The molecule has 1 heterocycles. The van der Waals surface area contributed by atoms with E-state index in [9.17, 15) is 0 Å². The quantitative estimate of drug-likeness (QED) is 0.684. The Balaban J connectivity index is 1.57. The Bertz CT molecular complexity index is 362. The highest BCUT2D eigenvalue weighted by atomic mass is 15.2. The molecule has 3 rings (SSSR count). The predicted octanol–water partition coefficient (Wildman–Crippen LogP) is 4.93. The van der Waals surface area contributed by atoms with Gasteiger partial charge in [-0.25, -0.2) is 0 Å². The van der Waals surface area contributed by atoms with Crippen LogP contribution >= 0.6 is 0 Å². The molecule has 2 heteroatoms. The molecule has 0 atom stereocenters. The van der Waals surface area contributed by atoms with E-state index in [1.165, 1.54) is 96.7 Å². The van der Waals surface area contributed by atoms with Crippen molar-refractivity contribution in [2.45, 2.75) is 89.5 Å². The summed E-state index contributed by atoms with van der Waals surface area (Å²) in [6, 6.07) is 0. The fourth-order valence-corrected chi connectivity index (χ4v) is 5.84. The molecule has 134 valence electrons. The molecule has 0 aromatic carbocycles. The Morgan fingerprint density at radius 2 is 1.70 bits per heavy atom. The van der Waals surface area contributed by atoms with E-state index in [1.807, 2.05) is 0 Å². The van der Waals surface area contributed by atoms with E-state index in [4.69, 9.17) is 0 Å². The van der Waals surface area contributed by atoms with Crippen molar-refractivity contribution in [3.63, 3.8) is 0 Å². The van der Waals surface area contributed by atoms with Crippen LogP contribution in [-0.4, -0.2) is 49.1 Å². The van der Waals surface area contributed by atoms with Crippen molar-refractivity contribution < 1.29 is 0 Å². The third-order valence-corrected chi connectivity index (χ3v) is 7.68. The largest absolute Gasteiger partial charge is 0.304 e. The fourth-order valence-electron chi connectivity index (χ4n) is 5.84. The van der Waals surface area contributed by atoms with Crippen LogP contribution in [0.25, 0.3) is 0 Å². The van der Waals surface area contributed by atoms with E-state index in [2.05, 4.69) is 30.8 Å². The smallest absolute Gasteiger partial charge is 0.0206 e. The summed E-state index contributed by atoms with van der Waals surface area (Å²) in [5.74, 6) is 1.02. The Morgan fingerprint density at radius 1 is 1.00 bits per heavy atom. The van der Waals surface area contributed by atoms with Gasteiger partial charge in [0.25, 0.3) is 0 Å². The van der Waals surface area contributed by atoms with Crippen LogP contribution < -0.4 is 0 Å². The summed E-state index contributed by atoms with van der Waals surface area (Å²) >= 11 is 0. The van der Waals surface area contributed by atoms with Crippen molar-refractivity contribution in [2.75, 3.05) is 33.7 Å². The van der Waals surface area contributed by atoms with Crippen LogP contribution in [0.15, 0.2) is 0 Å². The molecule has 3 fully saturated rings. The molecule has 0 unspecified atom stereocenters. The first-order valence-corrected chi connectivity index (χ1v) is 10.5. The third-order valence-electron chi connectivity index (χ3n) is 7.68. The Hall–Kier alpha value is -0.0800. The SMILES string of the molecule is CCCCN1CCC2(CCC(CC3CCCC3)(N(C)C)CC2)C1. The van der Waals surface area contributed by atoms with E-state index in [-0.39, 0.29) is 0 Å². The highest BCUT2D eigenvalue weighted by Gasteiger charge is 2.47. The van der Waals surface area contributed by atoms with Gasteiger partial charge in [0.2, 0.25) is 0 Å². The van der Waals surface area contributed by atoms with Crippen molar-refractivity contribution >= 4 is 0 Å². The summed E-state index contributed by atoms with van der Waals surface area (Å²) in [4.78, 5) is 5.38. The molecule has 0 bridgehead atoms. The molecule has 1 saturated heterocycles. The van der Waals surface area contributed by atoms with E-state index < -0.39 is 0 Å². The van der Waals surface area contributed by atoms with Crippen LogP contribution in [0.4, 0.5) is 0 Å². The second-order valence-electron chi connectivity index (χ2n) is 9.35. The molecular weight excluding hydrogens is 280 g/mol. The zero-order chi connectivity index (χ0) is 16.3. The molecule has 1 spiro atoms. The van der Waals surface area contributed by atoms with Gasteiger partial charge in [-0.2, -0.15) is 0 Å². The molecule has 0 amide bonds. The first-order valence-electron chi connectivity index (χ1n) is 10.5. The lowest BCUT2D eigenvalue weighted by atomic mass is 9.64. The van der Waals surface area contributed by atoms with Gasteiger partial charge in [-0.3, -0.25) is 0 Å². The van der Waals surface area contributed by atoms with Gasteiger partial charge in [-0.05, 0) is 83.5 Å². The van der Waals surface area contributed by atoms with Gasteiger partial charge in [-0.15, -0.1) is 0 Å². The fraction of sp³-hybridized carbons (Fsp3) is 1.00. The van der Waals surface area contributed by atoms with Crippen LogP contribution in [0.2, 0.25) is 0 Å². The molecule has 0 N–H and O–H groups in total. The average Bonchev–Trinajstić information content (AvgIpc) is 3.18. The maximum atomic E-state index is 2.77. The Kier molecular flexibility index (Phi) is 5.73. The zero-order valence-electron chi connectivity index (χ0n) is 16.1. The van der Waals surface area contributed by atoms with E-state index in [0.717, 1.165) is 5.92 Å². The summed E-state index contributed by atoms with van der Waals surface area (Å²) in [7, 11) is 4.71. The summed E-state index contributed by atoms with van der Waals surface area (Å²) < 4.78 is 0. The van der Waals surface area contributed by atoms with Crippen LogP contribution in [0.3, 0.4) is 0 Å². The van der Waals surface area contributed by atoms with Crippen molar-refractivity contribution in [2.24, 2.45) is 11.3 Å². The number of hydrogen-bond donors (Lipinski definition) is 0. The second kappa shape index (κ2) is 7.44. The van der Waals surface area contributed by atoms with Gasteiger partial charge >= 0.3 is 0 Å². The van der Waals surface area contributed by atoms with E-state index in [0.29, 0.717) is 11.0 Å². The summed E-state index contributed by atoms with van der Waals surface area (Å²) in [5.41, 5.74) is 1.21. The van der Waals surface area contributed by atoms with Gasteiger partial charge < -0.3 is 9.80 Å². The van der Waals surface area contributed by atoms with Crippen molar-refractivity contribution in [3.8, 4) is 0 Å². The first kappa shape index (κ1) is 17.7.